The van der Waals surface area contributed by atoms with Crippen molar-refractivity contribution in [3.8, 4) is 11.4 Å². The predicted octanol–water partition coefficient (Wildman–Crippen LogP) is 10.6. The Balaban J connectivity index is 1.19. The maximum Gasteiger partial charge on any atom is 0.179 e. The first-order chi connectivity index (χ1) is 36.4. The largest absolute Gasteiger partial charge is 0.309 e. The summed E-state index contributed by atoms with van der Waals surface area (Å²) in [6, 6.07) is 97.2. The molecular formula is C66H48N2Si2. The molecule has 11 aromatic carbocycles. The zero-order valence-electron chi connectivity index (χ0n) is 42.3. The van der Waals surface area contributed by atoms with Gasteiger partial charge in [0.15, 0.2) is 16.1 Å². The molecular weight excluding hydrogens is 877 g/mol. The highest BCUT2D eigenvalue weighted by Crippen LogP contribution is 2.37. The molecule has 0 aliphatic heterocycles. The second kappa shape index (κ2) is 17.2. The summed E-state index contributed by atoms with van der Waals surface area (Å²) < 4.78 is 40.2. The first-order valence-electron chi connectivity index (χ1n) is 25.9. The molecule has 0 aliphatic rings. The van der Waals surface area contributed by atoms with Crippen LogP contribution >= 0.6 is 0 Å². The molecule has 0 saturated heterocycles. The van der Waals surface area contributed by atoms with Crippen molar-refractivity contribution in [2.45, 2.75) is 0 Å². The molecule has 13 rings (SSSR count). The monoisotopic (exact) mass is 928 g/mol. The van der Waals surface area contributed by atoms with Gasteiger partial charge in [0.2, 0.25) is 0 Å². The standard InChI is InChI=1S/C66H48N2Si2/c1-7-25-51(26-8-1)69(52-27-9-2-10-28-52,53-29-11-3-12-30-53)57-45-50(46-58(48-57)70(54-31-13-4-14-32-54,55-33-15-5-16-34-55)56-35-17-6-18-36-56)68-65-42-24-21-39-61(65)62-47-49(43-44-66(62)68)67-63-40-22-19-37-59(63)60-38-20-23-41-64(60)67/h1-48H/i19D,22D,37D,40D. The van der Waals surface area contributed by atoms with Gasteiger partial charge in [0.25, 0.3) is 0 Å². The van der Waals surface area contributed by atoms with Crippen LogP contribution in [0.1, 0.15) is 5.48 Å². The van der Waals surface area contributed by atoms with Crippen molar-refractivity contribution in [1.29, 1.82) is 0 Å². The number of benzene rings is 11. The zero-order chi connectivity index (χ0) is 50.0. The van der Waals surface area contributed by atoms with Crippen molar-refractivity contribution in [1.82, 2.24) is 9.13 Å². The number of para-hydroxylation sites is 3. The minimum absolute atomic E-state index is 0.0356. The molecule has 0 N–H and O–H groups in total. The lowest BCUT2D eigenvalue weighted by molar-refractivity contribution is 1.17. The zero-order valence-corrected chi connectivity index (χ0v) is 40.3. The lowest BCUT2D eigenvalue weighted by atomic mass is 10.1. The molecule has 2 heterocycles. The van der Waals surface area contributed by atoms with E-state index in [1.165, 1.54) is 41.5 Å². The van der Waals surface area contributed by atoms with E-state index in [1.54, 1.807) is 0 Å². The molecule has 4 heteroatoms. The summed E-state index contributed by atoms with van der Waals surface area (Å²) >= 11 is 0. The molecule has 0 fully saturated rings. The Morgan fingerprint density at radius 2 is 0.586 bits per heavy atom. The molecule has 2 aromatic heterocycles. The molecule has 13 aromatic rings. The van der Waals surface area contributed by atoms with E-state index in [1.807, 2.05) is 28.8 Å². The third-order valence-electron chi connectivity index (χ3n) is 14.5. The van der Waals surface area contributed by atoms with Crippen LogP contribution in [0.4, 0.5) is 0 Å². The maximum absolute atomic E-state index is 9.26. The fourth-order valence-electron chi connectivity index (χ4n) is 11.6. The lowest BCUT2D eigenvalue weighted by Crippen LogP contribution is -2.78. The Kier molecular flexibility index (Phi) is 9.20. The Hall–Kier alpha value is -8.55. The molecule has 2 nitrogen and oxygen atoms in total. The van der Waals surface area contributed by atoms with E-state index >= 15 is 0 Å². The van der Waals surface area contributed by atoms with Gasteiger partial charge < -0.3 is 9.13 Å². The van der Waals surface area contributed by atoms with Gasteiger partial charge in [0.1, 0.15) is 0 Å². The van der Waals surface area contributed by atoms with Gasteiger partial charge in [-0.2, -0.15) is 0 Å². The summed E-state index contributed by atoms with van der Waals surface area (Å²) in [7, 11) is -6.33. The highest BCUT2D eigenvalue weighted by Gasteiger charge is 2.46. The van der Waals surface area contributed by atoms with E-state index in [9.17, 15) is 1.37 Å². The van der Waals surface area contributed by atoms with E-state index in [-0.39, 0.29) is 24.2 Å². The van der Waals surface area contributed by atoms with Gasteiger partial charge in [-0.25, -0.2) is 0 Å². The van der Waals surface area contributed by atoms with Gasteiger partial charge >= 0.3 is 0 Å². The Morgan fingerprint density at radius 3 is 1.01 bits per heavy atom. The van der Waals surface area contributed by atoms with Crippen LogP contribution in [0, 0.1) is 0 Å². The average molecular weight is 929 g/mol. The molecule has 0 saturated carbocycles. The summed E-state index contributed by atoms with van der Waals surface area (Å²) in [5.74, 6) is 0. The highest BCUT2D eigenvalue weighted by molar-refractivity contribution is 7.22. The molecule has 0 aliphatic carbocycles. The summed E-state index contributed by atoms with van der Waals surface area (Å²) in [4.78, 5) is 0. The predicted molar refractivity (Wildman–Crippen MR) is 302 cm³/mol. The second-order valence-electron chi connectivity index (χ2n) is 18.1. The van der Waals surface area contributed by atoms with Gasteiger partial charge in [-0.05, 0) is 90.0 Å². The normalized spacial score (nSPS) is 12.8. The van der Waals surface area contributed by atoms with E-state index in [4.69, 9.17) is 4.11 Å². The molecule has 0 bridgehead atoms. The number of nitrogens with zero attached hydrogens (tertiary/aromatic N) is 2. The van der Waals surface area contributed by atoms with Crippen molar-refractivity contribution in [3.63, 3.8) is 0 Å². The number of hydrogen-bond donors (Lipinski definition) is 0. The molecule has 330 valence electrons. The number of fused-ring (bicyclic) bond motifs is 6. The molecule has 0 radical (unpaired) electrons. The minimum Gasteiger partial charge on any atom is -0.309 e. The van der Waals surface area contributed by atoms with E-state index in [0.29, 0.717) is 10.9 Å². The van der Waals surface area contributed by atoms with Crippen molar-refractivity contribution >= 4 is 101 Å². The van der Waals surface area contributed by atoms with Crippen molar-refractivity contribution in [2.24, 2.45) is 0 Å². The molecule has 0 spiro atoms. The van der Waals surface area contributed by atoms with Crippen molar-refractivity contribution < 1.29 is 5.48 Å². The third kappa shape index (κ3) is 6.45. The third-order valence-corrected chi connectivity index (χ3v) is 24.0. The van der Waals surface area contributed by atoms with E-state index in [2.05, 4.69) is 247 Å². The van der Waals surface area contributed by atoms with Crippen LogP contribution in [0.3, 0.4) is 0 Å². The van der Waals surface area contributed by atoms with Gasteiger partial charge in [-0.15, -0.1) is 0 Å². The highest BCUT2D eigenvalue weighted by atomic mass is 28.3. The van der Waals surface area contributed by atoms with Crippen LogP contribution in [0.2, 0.25) is 0 Å². The van der Waals surface area contributed by atoms with Crippen molar-refractivity contribution in [3.05, 3.63) is 291 Å². The van der Waals surface area contributed by atoms with Gasteiger partial charge in [0.05, 0.1) is 27.5 Å². The van der Waals surface area contributed by atoms with E-state index in [0.717, 1.165) is 44.1 Å². The number of rotatable bonds is 10. The van der Waals surface area contributed by atoms with Gasteiger partial charge in [-0.3, -0.25) is 0 Å². The summed E-state index contributed by atoms with van der Waals surface area (Å²) in [5, 5.41) is 13.7. The smallest absolute Gasteiger partial charge is 0.179 e. The maximum atomic E-state index is 9.26. The topological polar surface area (TPSA) is 9.86 Å². The van der Waals surface area contributed by atoms with Crippen LogP contribution in [0.25, 0.3) is 55.0 Å². The molecule has 70 heavy (non-hydrogen) atoms. The Labute approximate surface area is 416 Å². The van der Waals surface area contributed by atoms with Gasteiger partial charge in [-0.1, -0.05) is 243 Å². The first-order valence-corrected chi connectivity index (χ1v) is 27.9. The Bertz CT molecular complexity index is 3890. The summed E-state index contributed by atoms with van der Waals surface area (Å²) in [5.41, 5.74) is 5.25. The number of aromatic nitrogens is 2. The van der Waals surface area contributed by atoms with E-state index < -0.39 is 16.1 Å². The summed E-state index contributed by atoms with van der Waals surface area (Å²) in [6.45, 7) is 0. The number of hydrogen-bond acceptors (Lipinski definition) is 0. The summed E-state index contributed by atoms with van der Waals surface area (Å²) in [6.07, 6.45) is 0. The quantitative estimate of drug-likeness (QED) is 0.0956. The fourth-order valence-corrected chi connectivity index (χ4v) is 21.4. The fraction of sp³-hybridized carbons (Fsp3) is 0. The Morgan fingerprint density at radius 1 is 0.243 bits per heavy atom. The van der Waals surface area contributed by atoms with Crippen LogP contribution in [-0.4, -0.2) is 25.3 Å². The molecule has 0 atom stereocenters. The van der Waals surface area contributed by atoms with Gasteiger partial charge in [0, 0.05) is 32.9 Å². The van der Waals surface area contributed by atoms with Crippen LogP contribution in [0.15, 0.2) is 291 Å². The second-order valence-corrected chi connectivity index (χ2v) is 25.7. The lowest BCUT2D eigenvalue weighted by Gasteiger charge is -2.38. The van der Waals surface area contributed by atoms with Crippen LogP contribution in [-0.2, 0) is 0 Å². The van der Waals surface area contributed by atoms with Crippen LogP contribution in [0.5, 0.6) is 0 Å². The van der Waals surface area contributed by atoms with Crippen LogP contribution < -0.4 is 41.5 Å². The SMILES string of the molecule is [2H]c1c([2H])c([2H])c2c(c1[2H])c1ccccc1n2-c1ccc2c(c1)c1ccccc1n2-c1cc([Si](c2ccccc2)(c2ccccc2)c2ccccc2)cc([Si](c2ccccc2)(c2ccccc2)c2ccccc2)c1. The van der Waals surface area contributed by atoms with Crippen molar-refractivity contribution in [2.75, 3.05) is 0 Å². The minimum atomic E-state index is -3.16. The average Bonchev–Trinajstić information content (AvgIpc) is 4.05. The molecule has 0 unspecified atom stereocenters. The first kappa shape index (κ1) is 37.4. The molecule has 0 amide bonds.